The van der Waals surface area contributed by atoms with Crippen LogP contribution >= 0.6 is 0 Å². The minimum atomic E-state index is -1.40. The van der Waals surface area contributed by atoms with E-state index in [2.05, 4.69) is 29.5 Å². The fraction of sp³-hybridized carbons (Fsp3) is 0.583. The van der Waals surface area contributed by atoms with Crippen LogP contribution in [0.2, 0.25) is 25.7 Å². The Balaban J connectivity index is 2.77. The first-order valence-electron chi connectivity index (χ1n) is 6.00. The lowest BCUT2D eigenvalue weighted by atomic mass is 10.5. The number of carbonyl (C=O) groups is 1. The normalized spacial score (nSPS) is 11.3. The fourth-order valence-corrected chi connectivity index (χ4v) is 2.28. The van der Waals surface area contributed by atoms with Crippen molar-refractivity contribution in [3.05, 3.63) is 22.9 Å². The molecule has 1 rings (SSSR count). The molecule has 0 aromatic carbocycles. The van der Waals surface area contributed by atoms with E-state index in [9.17, 15) is 9.90 Å². The monoisotopic (exact) mass is 280 g/mol. The van der Waals surface area contributed by atoms with E-state index in [4.69, 9.17) is 11.3 Å². The van der Waals surface area contributed by atoms with Gasteiger partial charge >= 0.3 is 0 Å². The van der Waals surface area contributed by atoms with Gasteiger partial charge in [-0.05, 0) is 13.0 Å². The Kier molecular flexibility index (Phi) is 4.86. The van der Waals surface area contributed by atoms with E-state index in [1.165, 1.54) is 4.57 Å². The quantitative estimate of drug-likeness (QED) is 0.449. The molecule has 0 saturated carbocycles. The summed E-state index contributed by atoms with van der Waals surface area (Å²) in [4.78, 5) is 18.1. The SMILES string of the molecule is [C-]#[N+]c1c(C)nc(C(=O)[O-])n1COCC[Si](C)(C)C. The molecule has 0 amide bonds. The summed E-state index contributed by atoms with van der Waals surface area (Å²) in [5, 5.41) is 10.9. The third kappa shape index (κ3) is 4.19. The highest BCUT2D eigenvalue weighted by atomic mass is 28.3. The van der Waals surface area contributed by atoms with Crippen molar-refractivity contribution < 1.29 is 14.6 Å². The summed E-state index contributed by atoms with van der Waals surface area (Å²) in [7, 11) is -1.19. The summed E-state index contributed by atoms with van der Waals surface area (Å²) in [6.07, 6.45) is 0. The van der Waals surface area contributed by atoms with Gasteiger partial charge in [0, 0.05) is 14.7 Å². The third-order valence-corrected chi connectivity index (χ3v) is 4.32. The largest absolute Gasteiger partial charge is 0.540 e. The molecule has 0 aliphatic heterocycles. The Morgan fingerprint density at radius 3 is 2.63 bits per heavy atom. The summed E-state index contributed by atoms with van der Waals surface area (Å²) in [5.41, 5.74) is 0.378. The Morgan fingerprint density at radius 2 is 2.16 bits per heavy atom. The first kappa shape index (κ1) is 15.4. The molecule has 1 aromatic heterocycles. The van der Waals surface area contributed by atoms with E-state index in [0.717, 1.165) is 6.04 Å². The predicted octanol–water partition coefficient (Wildman–Crippen LogP) is 1.42. The molecule has 0 spiro atoms. The van der Waals surface area contributed by atoms with Crippen molar-refractivity contribution in [2.75, 3.05) is 6.61 Å². The van der Waals surface area contributed by atoms with Crippen LogP contribution in [-0.2, 0) is 11.5 Å². The van der Waals surface area contributed by atoms with Crippen LogP contribution in [0.15, 0.2) is 0 Å². The number of aryl methyl sites for hydroxylation is 1. The average molecular weight is 280 g/mol. The molecule has 0 atom stereocenters. The number of carboxylic acids is 1. The first-order chi connectivity index (χ1) is 8.76. The molecule has 1 heterocycles. The van der Waals surface area contributed by atoms with E-state index in [1.807, 2.05) is 0 Å². The van der Waals surface area contributed by atoms with Crippen LogP contribution in [0.1, 0.15) is 16.3 Å². The van der Waals surface area contributed by atoms with Crippen molar-refractivity contribution in [1.29, 1.82) is 0 Å². The summed E-state index contributed by atoms with van der Waals surface area (Å²) in [6, 6.07) is 0.981. The van der Waals surface area contributed by atoms with Crippen LogP contribution in [0.3, 0.4) is 0 Å². The van der Waals surface area contributed by atoms with Gasteiger partial charge in [-0.25, -0.2) is 4.98 Å². The second-order valence-corrected chi connectivity index (χ2v) is 11.1. The number of imidazole rings is 1. The van der Waals surface area contributed by atoms with Crippen molar-refractivity contribution in [3.63, 3.8) is 0 Å². The van der Waals surface area contributed by atoms with Crippen molar-refractivity contribution in [2.45, 2.75) is 39.3 Å². The van der Waals surface area contributed by atoms with Gasteiger partial charge in [0.2, 0.25) is 5.82 Å². The van der Waals surface area contributed by atoms with Crippen molar-refractivity contribution in [3.8, 4) is 0 Å². The number of aromatic carboxylic acids is 1. The molecule has 1 aromatic rings. The summed E-state index contributed by atoms with van der Waals surface area (Å²) in [6.45, 7) is 15.9. The number of carbonyl (C=O) groups excluding carboxylic acids is 1. The van der Waals surface area contributed by atoms with Crippen LogP contribution in [0.5, 0.6) is 0 Å². The van der Waals surface area contributed by atoms with Crippen LogP contribution < -0.4 is 5.11 Å². The van der Waals surface area contributed by atoms with E-state index in [0.29, 0.717) is 12.3 Å². The van der Waals surface area contributed by atoms with E-state index >= 15 is 0 Å². The zero-order valence-corrected chi connectivity index (χ0v) is 12.7. The number of carboxylic acid groups (broad SMARTS) is 1. The van der Waals surface area contributed by atoms with Gasteiger partial charge in [-0.1, -0.05) is 26.2 Å². The van der Waals surface area contributed by atoms with Crippen LogP contribution in [0.25, 0.3) is 4.85 Å². The number of rotatable bonds is 6. The maximum absolute atomic E-state index is 10.9. The predicted molar refractivity (Wildman–Crippen MR) is 71.7 cm³/mol. The van der Waals surface area contributed by atoms with E-state index in [1.54, 1.807) is 6.92 Å². The summed E-state index contributed by atoms with van der Waals surface area (Å²) < 4.78 is 6.72. The molecule has 104 valence electrons. The highest BCUT2D eigenvalue weighted by Gasteiger charge is 2.18. The lowest BCUT2D eigenvalue weighted by molar-refractivity contribution is -0.256. The summed E-state index contributed by atoms with van der Waals surface area (Å²) in [5.74, 6) is -1.46. The van der Waals surface area contributed by atoms with Crippen molar-refractivity contribution in [2.24, 2.45) is 0 Å². The molecule has 6 nitrogen and oxygen atoms in total. The minimum absolute atomic E-state index is 0.0202. The highest BCUT2D eigenvalue weighted by Crippen LogP contribution is 2.20. The van der Waals surface area contributed by atoms with Crippen molar-refractivity contribution in [1.82, 2.24) is 9.55 Å². The van der Waals surface area contributed by atoms with Crippen LogP contribution in [-0.4, -0.2) is 30.2 Å². The second-order valence-electron chi connectivity index (χ2n) is 5.52. The van der Waals surface area contributed by atoms with E-state index in [-0.39, 0.29) is 18.4 Å². The maximum atomic E-state index is 10.9. The number of nitrogens with zero attached hydrogens (tertiary/aromatic N) is 3. The topological polar surface area (TPSA) is 71.5 Å². The Hall–Kier alpha value is -1.65. The van der Waals surface area contributed by atoms with Gasteiger partial charge in [0.25, 0.3) is 5.82 Å². The standard InChI is InChI=1S/C12H19N3O3Si/c1-9-10(13-2)15(11(14-9)12(16)17)8-18-6-7-19(3,4)5/h6-8H2,1,3-5H3,(H,16,17)/p-1. The number of hydrogen-bond donors (Lipinski definition) is 0. The van der Waals surface area contributed by atoms with Crippen LogP contribution in [0.4, 0.5) is 5.82 Å². The smallest absolute Gasteiger partial charge is 0.254 e. The average Bonchev–Trinajstić information content (AvgIpc) is 2.60. The molecular formula is C12H18N3O3Si-. The maximum Gasteiger partial charge on any atom is 0.254 e. The van der Waals surface area contributed by atoms with Gasteiger partial charge in [0.15, 0.2) is 6.73 Å². The van der Waals surface area contributed by atoms with Gasteiger partial charge in [-0.2, -0.15) is 0 Å². The zero-order valence-electron chi connectivity index (χ0n) is 11.7. The molecule has 0 fully saturated rings. The Morgan fingerprint density at radius 1 is 1.53 bits per heavy atom. The molecular weight excluding hydrogens is 262 g/mol. The van der Waals surface area contributed by atoms with Gasteiger partial charge in [0.05, 0.1) is 5.69 Å². The zero-order chi connectivity index (χ0) is 14.6. The fourth-order valence-electron chi connectivity index (χ4n) is 1.52. The minimum Gasteiger partial charge on any atom is -0.540 e. The molecule has 0 unspecified atom stereocenters. The van der Waals surface area contributed by atoms with Crippen LogP contribution in [0, 0.1) is 13.5 Å². The van der Waals surface area contributed by atoms with E-state index < -0.39 is 14.0 Å². The molecule has 0 aliphatic rings. The number of hydrogen-bond acceptors (Lipinski definition) is 4. The van der Waals surface area contributed by atoms with Gasteiger partial charge in [-0.15, -0.1) is 0 Å². The highest BCUT2D eigenvalue weighted by molar-refractivity contribution is 6.76. The molecule has 0 N–H and O–H groups in total. The Bertz CT molecular complexity index is 512. The lowest BCUT2D eigenvalue weighted by Crippen LogP contribution is -2.27. The third-order valence-electron chi connectivity index (χ3n) is 2.61. The molecule has 19 heavy (non-hydrogen) atoms. The molecule has 0 radical (unpaired) electrons. The second kappa shape index (κ2) is 5.99. The first-order valence-corrected chi connectivity index (χ1v) is 9.70. The Labute approximate surface area is 113 Å². The lowest BCUT2D eigenvalue weighted by Gasteiger charge is -2.15. The van der Waals surface area contributed by atoms with Crippen molar-refractivity contribution >= 4 is 19.9 Å². The molecule has 7 heteroatoms. The number of aromatic nitrogens is 2. The summed E-state index contributed by atoms with van der Waals surface area (Å²) >= 11 is 0. The molecule has 0 aliphatic carbocycles. The van der Waals surface area contributed by atoms with Gasteiger partial charge in [-0.3, -0.25) is 4.57 Å². The van der Waals surface area contributed by atoms with Gasteiger partial charge < -0.3 is 19.5 Å². The van der Waals surface area contributed by atoms with Gasteiger partial charge in [0.1, 0.15) is 5.97 Å². The molecule has 0 bridgehead atoms. The molecule has 0 saturated heterocycles. The number of ether oxygens (including phenoxy) is 1.